The summed E-state index contributed by atoms with van der Waals surface area (Å²) in [5.41, 5.74) is 0.357. The van der Waals surface area contributed by atoms with Crippen LogP contribution in [0.3, 0.4) is 0 Å². The number of carbonyl (C=O) groups is 1. The molecule has 0 saturated heterocycles. The van der Waals surface area contributed by atoms with Gasteiger partial charge in [-0.1, -0.05) is 18.9 Å². The number of nitrogens with one attached hydrogen (secondary N) is 2. The fourth-order valence-corrected chi connectivity index (χ4v) is 2.32. The summed E-state index contributed by atoms with van der Waals surface area (Å²) in [5.74, 6) is -1.27. The molecule has 2 N–H and O–H groups in total. The molecular weight excluding hydrogens is 250 g/mol. The van der Waals surface area contributed by atoms with Crippen LogP contribution in [0.2, 0.25) is 0 Å². The highest BCUT2D eigenvalue weighted by molar-refractivity contribution is 5.78. The lowest BCUT2D eigenvalue weighted by atomic mass is 10.2. The van der Waals surface area contributed by atoms with Crippen LogP contribution in [0, 0.1) is 11.6 Å². The smallest absolute Gasteiger partial charge is 0.234 e. The van der Waals surface area contributed by atoms with Crippen molar-refractivity contribution in [2.24, 2.45) is 0 Å². The van der Waals surface area contributed by atoms with Gasteiger partial charge in [0.15, 0.2) is 0 Å². The van der Waals surface area contributed by atoms with Crippen LogP contribution in [0.25, 0.3) is 0 Å². The van der Waals surface area contributed by atoms with Crippen LogP contribution in [-0.4, -0.2) is 18.5 Å². The van der Waals surface area contributed by atoms with Gasteiger partial charge in [0.1, 0.15) is 11.6 Å². The Morgan fingerprint density at radius 3 is 2.68 bits per heavy atom. The van der Waals surface area contributed by atoms with E-state index in [1.54, 1.807) is 0 Å². The van der Waals surface area contributed by atoms with Gasteiger partial charge >= 0.3 is 0 Å². The lowest BCUT2D eigenvalue weighted by Gasteiger charge is -2.12. The summed E-state index contributed by atoms with van der Waals surface area (Å²) in [7, 11) is 0. The summed E-state index contributed by atoms with van der Waals surface area (Å²) in [6.45, 7) is 0.359. The van der Waals surface area contributed by atoms with Crippen molar-refractivity contribution in [1.29, 1.82) is 0 Å². The Hall–Kier alpha value is -1.49. The zero-order valence-corrected chi connectivity index (χ0v) is 10.7. The van der Waals surface area contributed by atoms with Crippen molar-refractivity contribution in [1.82, 2.24) is 10.6 Å². The summed E-state index contributed by atoms with van der Waals surface area (Å²) >= 11 is 0. The Morgan fingerprint density at radius 2 is 2.00 bits per heavy atom. The van der Waals surface area contributed by atoms with Gasteiger partial charge in [-0.15, -0.1) is 0 Å². The summed E-state index contributed by atoms with van der Waals surface area (Å²) in [4.78, 5) is 11.6. The molecule has 0 bridgehead atoms. The SMILES string of the molecule is O=C(CNCc1ccc(F)cc1F)NC1CCCC1. The van der Waals surface area contributed by atoms with Gasteiger partial charge in [0.2, 0.25) is 5.91 Å². The molecule has 0 aliphatic heterocycles. The number of rotatable bonds is 5. The van der Waals surface area contributed by atoms with Gasteiger partial charge < -0.3 is 10.6 Å². The number of hydrogen-bond donors (Lipinski definition) is 2. The van der Waals surface area contributed by atoms with E-state index in [1.165, 1.54) is 25.0 Å². The molecule has 0 radical (unpaired) electrons. The Kier molecular flexibility index (Phi) is 4.85. The topological polar surface area (TPSA) is 41.1 Å². The quantitative estimate of drug-likeness (QED) is 0.858. The van der Waals surface area contributed by atoms with Crippen molar-refractivity contribution < 1.29 is 13.6 Å². The number of hydrogen-bond acceptors (Lipinski definition) is 2. The van der Waals surface area contributed by atoms with Crippen molar-refractivity contribution in [3.05, 3.63) is 35.4 Å². The molecule has 0 unspecified atom stereocenters. The van der Waals surface area contributed by atoms with Crippen molar-refractivity contribution in [3.63, 3.8) is 0 Å². The van der Waals surface area contributed by atoms with Crippen LogP contribution < -0.4 is 10.6 Å². The molecule has 5 heteroatoms. The average molecular weight is 268 g/mol. The first kappa shape index (κ1) is 13.9. The van der Waals surface area contributed by atoms with E-state index in [0.717, 1.165) is 18.9 Å². The second-order valence-corrected chi connectivity index (χ2v) is 4.89. The molecule has 0 atom stereocenters. The van der Waals surface area contributed by atoms with Gasteiger partial charge in [-0.05, 0) is 18.9 Å². The molecular formula is C14H18F2N2O. The summed E-state index contributed by atoms with van der Waals surface area (Å²) in [6, 6.07) is 3.72. The van der Waals surface area contributed by atoms with Gasteiger partial charge in [0.25, 0.3) is 0 Å². The molecule has 1 aliphatic carbocycles. The molecule has 1 aliphatic rings. The van der Waals surface area contributed by atoms with E-state index in [4.69, 9.17) is 0 Å². The molecule has 0 aromatic heterocycles. The summed E-state index contributed by atoms with van der Waals surface area (Å²) in [6.07, 6.45) is 4.41. The summed E-state index contributed by atoms with van der Waals surface area (Å²) in [5, 5.41) is 5.79. The van der Waals surface area contributed by atoms with E-state index in [1.807, 2.05) is 0 Å². The molecule has 0 heterocycles. The second-order valence-electron chi connectivity index (χ2n) is 4.89. The summed E-state index contributed by atoms with van der Waals surface area (Å²) < 4.78 is 26.0. The fourth-order valence-electron chi connectivity index (χ4n) is 2.32. The molecule has 0 spiro atoms. The normalized spacial score (nSPS) is 15.7. The zero-order chi connectivity index (χ0) is 13.7. The highest BCUT2D eigenvalue weighted by Crippen LogP contribution is 2.17. The minimum absolute atomic E-state index is 0.0746. The van der Waals surface area contributed by atoms with Gasteiger partial charge in [-0.3, -0.25) is 4.79 Å². The van der Waals surface area contributed by atoms with Crippen molar-refractivity contribution in [2.75, 3.05) is 6.54 Å². The third-order valence-corrected chi connectivity index (χ3v) is 3.34. The van der Waals surface area contributed by atoms with Gasteiger partial charge in [0, 0.05) is 24.2 Å². The van der Waals surface area contributed by atoms with Gasteiger partial charge in [0.05, 0.1) is 6.54 Å². The minimum atomic E-state index is -0.597. The van der Waals surface area contributed by atoms with Crippen LogP contribution in [-0.2, 0) is 11.3 Å². The maximum absolute atomic E-state index is 13.3. The predicted molar refractivity (Wildman–Crippen MR) is 68.5 cm³/mol. The fraction of sp³-hybridized carbons (Fsp3) is 0.500. The Morgan fingerprint density at radius 1 is 1.26 bits per heavy atom. The lowest BCUT2D eigenvalue weighted by molar-refractivity contribution is -0.120. The van der Waals surface area contributed by atoms with Crippen molar-refractivity contribution in [2.45, 2.75) is 38.3 Å². The highest BCUT2D eigenvalue weighted by atomic mass is 19.1. The minimum Gasteiger partial charge on any atom is -0.352 e. The molecule has 19 heavy (non-hydrogen) atoms. The monoisotopic (exact) mass is 268 g/mol. The largest absolute Gasteiger partial charge is 0.352 e. The second kappa shape index (κ2) is 6.61. The molecule has 3 nitrogen and oxygen atoms in total. The first-order valence-corrected chi connectivity index (χ1v) is 6.59. The zero-order valence-electron chi connectivity index (χ0n) is 10.7. The number of halogens is 2. The highest BCUT2D eigenvalue weighted by Gasteiger charge is 2.16. The third-order valence-electron chi connectivity index (χ3n) is 3.34. The molecule has 104 valence electrons. The number of benzene rings is 1. The van der Waals surface area contributed by atoms with Crippen LogP contribution in [0.4, 0.5) is 8.78 Å². The predicted octanol–water partition coefficient (Wildman–Crippen LogP) is 2.11. The standard InChI is InChI=1S/C14H18F2N2O/c15-11-6-5-10(13(16)7-11)8-17-9-14(19)18-12-3-1-2-4-12/h5-7,12,17H,1-4,8-9H2,(H,18,19). The van der Waals surface area contributed by atoms with E-state index >= 15 is 0 Å². The third kappa shape index (κ3) is 4.28. The number of carbonyl (C=O) groups excluding carboxylic acids is 1. The first-order valence-electron chi connectivity index (χ1n) is 6.59. The molecule has 1 fully saturated rings. The molecule has 1 aromatic carbocycles. The molecule has 1 saturated carbocycles. The van der Waals surface area contributed by atoms with E-state index < -0.39 is 11.6 Å². The Labute approximate surface area is 111 Å². The van der Waals surface area contributed by atoms with E-state index in [9.17, 15) is 13.6 Å². The molecule has 1 amide bonds. The van der Waals surface area contributed by atoms with E-state index in [-0.39, 0.29) is 25.0 Å². The van der Waals surface area contributed by atoms with Crippen LogP contribution in [0.5, 0.6) is 0 Å². The first-order chi connectivity index (χ1) is 9.15. The van der Waals surface area contributed by atoms with Crippen LogP contribution >= 0.6 is 0 Å². The van der Waals surface area contributed by atoms with Gasteiger partial charge in [-0.25, -0.2) is 8.78 Å². The van der Waals surface area contributed by atoms with Crippen molar-refractivity contribution in [3.8, 4) is 0 Å². The van der Waals surface area contributed by atoms with Gasteiger partial charge in [-0.2, -0.15) is 0 Å². The Bertz CT molecular complexity index is 445. The average Bonchev–Trinajstić information content (AvgIpc) is 2.84. The maximum atomic E-state index is 13.3. The van der Waals surface area contributed by atoms with Crippen LogP contribution in [0.15, 0.2) is 18.2 Å². The lowest BCUT2D eigenvalue weighted by Crippen LogP contribution is -2.39. The maximum Gasteiger partial charge on any atom is 0.234 e. The molecule has 1 aromatic rings. The van der Waals surface area contributed by atoms with E-state index in [0.29, 0.717) is 5.56 Å². The van der Waals surface area contributed by atoms with E-state index in [2.05, 4.69) is 10.6 Å². The van der Waals surface area contributed by atoms with Crippen LogP contribution in [0.1, 0.15) is 31.2 Å². The van der Waals surface area contributed by atoms with Crippen molar-refractivity contribution >= 4 is 5.91 Å². The number of amides is 1. The Balaban J connectivity index is 1.72. The molecule has 2 rings (SSSR count).